The minimum absolute atomic E-state index is 0.0754. The third kappa shape index (κ3) is 3.55. The molecule has 1 N–H and O–H groups in total. The molecule has 0 spiro atoms. The van der Waals surface area contributed by atoms with Crippen LogP contribution in [-0.4, -0.2) is 5.91 Å². The fraction of sp³-hybridized carbons (Fsp3) is 0.118. The lowest BCUT2D eigenvalue weighted by molar-refractivity contribution is 0.102. The molecular weight excluding hydrogens is 234 g/mol. The van der Waals surface area contributed by atoms with Gasteiger partial charge in [0.2, 0.25) is 0 Å². The van der Waals surface area contributed by atoms with Gasteiger partial charge >= 0.3 is 0 Å². The Hall–Kier alpha value is -2.35. The number of rotatable bonds is 4. The van der Waals surface area contributed by atoms with E-state index < -0.39 is 0 Å². The molecule has 0 heterocycles. The molecule has 0 saturated carbocycles. The quantitative estimate of drug-likeness (QED) is 0.816. The summed E-state index contributed by atoms with van der Waals surface area (Å²) in [5.41, 5.74) is 2.66. The molecule has 0 aromatic heterocycles. The summed E-state index contributed by atoms with van der Waals surface area (Å²) >= 11 is 0. The van der Waals surface area contributed by atoms with E-state index in [0.29, 0.717) is 5.56 Å². The molecule has 2 aromatic rings. The van der Waals surface area contributed by atoms with Crippen LogP contribution in [0.5, 0.6) is 0 Å². The Balaban J connectivity index is 2.17. The van der Waals surface area contributed by atoms with Crippen molar-refractivity contribution in [3.8, 4) is 0 Å². The topological polar surface area (TPSA) is 29.1 Å². The average Bonchev–Trinajstić information content (AvgIpc) is 2.47. The van der Waals surface area contributed by atoms with Crippen LogP contribution in [0.2, 0.25) is 0 Å². The molecule has 96 valence electrons. The lowest BCUT2D eigenvalue weighted by atomic mass is 10.1. The van der Waals surface area contributed by atoms with Crippen LogP contribution < -0.4 is 5.32 Å². The predicted octanol–water partition coefficient (Wildman–Crippen LogP) is 4.06. The number of carbonyl (C=O) groups excluding carboxylic acids is 1. The number of hydrogen-bond acceptors (Lipinski definition) is 1. The van der Waals surface area contributed by atoms with Crippen molar-refractivity contribution in [3.05, 3.63) is 77.9 Å². The van der Waals surface area contributed by atoms with Crippen molar-refractivity contribution in [1.82, 2.24) is 0 Å². The lowest BCUT2D eigenvalue weighted by Crippen LogP contribution is -2.12. The van der Waals surface area contributed by atoms with E-state index >= 15 is 0 Å². The lowest BCUT2D eigenvalue weighted by Gasteiger charge is -2.09. The maximum Gasteiger partial charge on any atom is 0.255 e. The second kappa shape index (κ2) is 6.55. The number of amides is 1. The zero-order chi connectivity index (χ0) is 13.5. The van der Waals surface area contributed by atoms with Gasteiger partial charge in [0.25, 0.3) is 5.91 Å². The first-order valence-electron chi connectivity index (χ1n) is 6.36. The van der Waals surface area contributed by atoms with Gasteiger partial charge in [-0.1, -0.05) is 48.6 Å². The molecular formula is C17H17NO. The normalized spacial score (nSPS) is 10.6. The van der Waals surface area contributed by atoms with Gasteiger partial charge in [-0.25, -0.2) is 0 Å². The molecule has 0 atom stereocenters. The van der Waals surface area contributed by atoms with Gasteiger partial charge in [0.15, 0.2) is 0 Å². The minimum atomic E-state index is -0.0754. The predicted molar refractivity (Wildman–Crippen MR) is 79.4 cm³/mol. The Kier molecular flexibility index (Phi) is 4.51. The van der Waals surface area contributed by atoms with E-state index in [2.05, 4.69) is 11.4 Å². The number of anilines is 1. The molecule has 2 nitrogen and oxygen atoms in total. The van der Waals surface area contributed by atoms with E-state index in [-0.39, 0.29) is 5.91 Å². The Morgan fingerprint density at radius 2 is 1.74 bits per heavy atom. The SMILES string of the molecule is C/C=C/Cc1ccccc1NC(=O)c1ccccc1. The van der Waals surface area contributed by atoms with Crippen molar-refractivity contribution in [1.29, 1.82) is 0 Å². The van der Waals surface area contributed by atoms with Crippen molar-refractivity contribution in [2.24, 2.45) is 0 Å². The van der Waals surface area contributed by atoms with Gasteiger partial charge in [-0.2, -0.15) is 0 Å². The van der Waals surface area contributed by atoms with E-state index in [1.807, 2.05) is 67.6 Å². The van der Waals surface area contributed by atoms with E-state index in [0.717, 1.165) is 17.7 Å². The van der Waals surface area contributed by atoms with Gasteiger partial charge in [0.1, 0.15) is 0 Å². The Morgan fingerprint density at radius 1 is 1.05 bits per heavy atom. The van der Waals surface area contributed by atoms with Crippen molar-refractivity contribution in [2.45, 2.75) is 13.3 Å². The van der Waals surface area contributed by atoms with Gasteiger partial charge < -0.3 is 5.32 Å². The molecule has 0 aliphatic heterocycles. The van der Waals surface area contributed by atoms with Crippen LogP contribution in [0, 0.1) is 0 Å². The zero-order valence-electron chi connectivity index (χ0n) is 11.0. The van der Waals surface area contributed by atoms with Gasteiger partial charge in [0.05, 0.1) is 0 Å². The van der Waals surface area contributed by atoms with Crippen LogP contribution in [0.25, 0.3) is 0 Å². The number of para-hydroxylation sites is 1. The summed E-state index contributed by atoms with van der Waals surface area (Å²) in [6.45, 7) is 1.99. The molecule has 0 radical (unpaired) electrons. The van der Waals surface area contributed by atoms with Crippen molar-refractivity contribution >= 4 is 11.6 Å². The first-order valence-corrected chi connectivity index (χ1v) is 6.36. The first kappa shape index (κ1) is 13.1. The summed E-state index contributed by atoms with van der Waals surface area (Å²) in [4.78, 5) is 12.1. The monoisotopic (exact) mass is 251 g/mol. The van der Waals surface area contributed by atoms with Crippen LogP contribution in [0.15, 0.2) is 66.7 Å². The summed E-state index contributed by atoms with van der Waals surface area (Å²) in [6, 6.07) is 17.1. The Bertz CT molecular complexity index is 573. The molecule has 19 heavy (non-hydrogen) atoms. The number of allylic oxidation sites excluding steroid dienone is 2. The highest BCUT2D eigenvalue weighted by Gasteiger charge is 2.07. The first-order chi connectivity index (χ1) is 9.31. The van der Waals surface area contributed by atoms with Gasteiger partial charge in [-0.3, -0.25) is 4.79 Å². The summed E-state index contributed by atoms with van der Waals surface area (Å²) in [6.07, 6.45) is 4.91. The van der Waals surface area contributed by atoms with Gasteiger partial charge in [0, 0.05) is 11.3 Å². The largest absolute Gasteiger partial charge is 0.322 e. The molecule has 0 aliphatic carbocycles. The smallest absolute Gasteiger partial charge is 0.255 e. The third-order valence-corrected chi connectivity index (χ3v) is 2.88. The Morgan fingerprint density at radius 3 is 2.47 bits per heavy atom. The van der Waals surface area contributed by atoms with E-state index in [1.165, 1.54) is 0 Å². The fourth-order valence-corrected chi connectivity index (χ4v) is 1.85. The van der Waals surface area contributed by atoms with E-state index in [1.54, 1.807) is 0 Å². The van der Waals surface area contributed by atoms with Crippen LogP contribution in [0.3, 0.4) is 0 Å². The second-order valence-corrected chi connectivity index (χ2v) is 4.25. The summed E-state index contributed by atoms with van der Waals surface area (Å²) in [5.74, 6) is -0.0754. The maximum atomic E-state index is 12.1. The molecule has 1 amide bonds. The second-order valence-electron chi connectivity index (χ2n) is 4.25. The van der Waals surface area contributed by atoms with Crippen molar-refractivity contribution in [3.63, 3.8) is 0 Å². The molecule has 0 aliphatic rings. The van der Waals surface area contributed by atoms with Gasteiger partial charge in [-0.05, 0) is 37.1 Å². The zero-order valence-corrected chi connectivity index (χ0v) is 11.0. The standard InChI is InChI=1S/C17H17NO/c1-2-3-9-14-10-7-8-13-16(14)18-17(19)15-11-5-4-6-12-15/h2-8,10-13H,9H2,1H3,(H,18,19)/b3-2+. The highest BCUT2D eigenvalue weighted by Crippen LogP contribution is 2.17. The van der Waals surface area contributed by atoms with Crippen LogP contribution in [0.1, 0.15) is 22.8 Å². The third-order valence-electron chi connectivity index (χ3n) is 2.88. The molecule has 0 unspecified atom stereocenters. The van der Waals surface area contributed by atoms with E-state index in [9.17, 15) is 4.79 Å². The molecule has 2 aromatic carbocycles. The number of benzene rings is 2. The maximum absolute atomic E-state index is 12.1. The molecule has 2 rings (SSSR count). The highest BCUT2D eigenvalue weighted by atomic mass is 16.1. The summed E-state index contributed by atoms with van der Waals surface area (Å²) in [7, 11) is 0. The Labute approximate surface area is 113 Å². The molecule has 0 fully saturated rings. The van der Waals surface area contributed by atoms with Gasteiger partial charge in [-0.15, -0.1) is 0 Å². The van der Waals surface area contributed by atoms with Crippen LogP contribution in [0.4, 0.5) is 5.69 Å². The molecule has 2 heteroatoms. The van der Waals surface area contributed by atoms with E-state index in [4.69, 9.17) is 0 Å². The van der Waals surface area contributed by atoms with Crippen molar-refractivity contribution in [2.75, 3.05) is 5.32 Å². The summed E-state index contributed by atoms with van der Waals surface area (Å²) in [5, 5.41) is 2.96. The number of nitrogens with one attached hydrogen (secondary N) is 1. The number of hydrogen-bond donors (Lipinski definition) is 1. The van der Waals surface area contributed by atoms with Crippen molar-refractivity contribution < 1.29 is 4.79 Å². The molecule has 0 bridgehead atoms. The highest BCUT2D eigenvalue weighted by molar-refractivity contribution is 6.04. The van der Waals surface area contributed by atoms with Crippen LogP contribution >= 0.6 is 0 Å². The summed E-state index contributed by atoms with van der Waals surface area (Å²) < 4.78 is 0. The van der Waals surface area contributed by atoms with Crippen LogP contribution in [-0.2, 0) is 6.42 Å². The number of carbonyl (C=O) groups is 1. The fourth-order valence-electron chi connectivity index (χ4n) is 1.85. The molecule has 0 saturated heterocycles. The minimum Gasteiger partial charge on any atom is -0.322 e. The average molecular weight is 251 g/mol.